The molecule has 0 bridgehead atoms. The van der Waals surface area contributed by atoms with Crippen molar-refractivity contribution < 1.29 is 8.42 Å². The highest BCUT2D eigenvalue weighted by molar-refractivity contribution is 7.99. The minimum Gasteiger partial charge on any atom is -0.365 e. The van der Waals surface area contributed by atoms with Gasteiger partial charge in [-0.3, -0.25) is 0 Å². The third kappa shape index (κ3) is 2.98. The second-order valence-electron chi connectivity index (χ2n) is 4.58. The van der Waals surface area contributed by atoms with Crippen molar-refractivity contribution in [3.05, 3.63) is 18.3 Å². The number of hydrogen-bond acceptors (Lipinski definition) is 5. The molecule has 1 aromatic heterocycles. The van der Waals surface area contributed by atoms with Crippen molar-refractivity contribution in [3.63, 3.8) is 0 Å². The quantitative estimate of drug-likeness (QED) is 0.919. The Balaban J connectivity index is 2.24. The van der Waals surface area contributed by atoms with E-state index >= 15 is 0 Å². The predicted molar refractivity (Wildman–Crippen MR) is 75.9 cm³/mol. The molecule has 1 heterocycles. The molecule has 100 valence electrons. The summed E-state index contributed by atoms with van der Waals surface area (Å²) in [6.07, 6.45) is 8.38. The first-order chi connectivity index (χ1) is 8.52. The molecule has 18 heavy (non-hydrogen) atoms. The molecule has 0 amide bonds. The largest absolute Gasteiger partial charge is 0.365 e. The van der Waals surface area contributed by atoms with Crippen LogP contribution in [0.1, 0.15) is 19.3 Å². The van der Waals surface area contributed by atoms with Crippen LogP contribution < -0.4 is 5.32 Å². The number of thioether (sulfide) groups is 1. The molecular weight excluding hydrogens is 268 g/mol. The summed E-state index contributed by atoms with van der Waals surface area (Å²) in [6.45, 7) is 0. The van der Waals surface area contributed by atoms with Crippen LogP contribution in [0.25, 0.3) is 0 Å². The Morgan fingerprint density at radius 1 is 1.44 bits per heavy atom. The Kier molecular flexibility index (Phi) is 4.17. The Hall–Kier alpha value is -0.750. The summed E-state index contributed by atoms with van der Waals surface area (Å²) in [5.41, 5.74) is 0. The van der Waals surface area contributed by atoms with Gasteiger partial charge in [0.15, 0.2) is 9.84 Å². The molecule has 1 N–H and O–H groups in total. The zero-order valence-corrected chi connectivity index (χ0v) is 12.2. The lowest BCUT2D eigenvalue weighted by molar-refractivity contribution is 0.601. The van der Waals surface area contributed by atoms with Gasteiger partial charge >= 0.3 is 0 Å². The number of aromatic nitrogens is 1. The van der Waals surface area contributed by atoms with Crippen molar-refractivity contribution in [2.24, 2.45) is 0 Å². The van der Waals surface area contributed by atoms with Gasteiger partial charge in [0.05, 0.1) is 0 Å². The minimum atomic E-state index is -3.23. The summed E-state index contributed by atoms with van der Waals surface area (Å²) in [6, 6.07) is 3.58. The van der Waals surface area contributed by atoms with Crippen molar-refractivity contribution in [3.8, 4) is 0 Å². The van der Waals surface area contributed by atoms with Crippen LogP contribution in [0.5, 0.6) is 0 Å². The predicted octanol–water partition coefficient (Wildman–Crippen LogP) is 2.18. The standard InChI is InChI=1S/C12H18N2O2S2/c1-17-10-6-3-5-9(10)14-12-11(18(2,15)16)7-4-8-13-12/h4,7-10H,3,5-6H2,1-2H3,(H,13,14). The normalized spacial score (nSPS) is 24.1. The number of pyridine rings is 1. The molecule has 4 nitrogen and oxygen atoms in total. The molecule has 1 saturated carbocycles. The van der Waals surface area contributed by atoms with Gasteiger partial charge in [0.2, 0.25) is 0 Å². The number of nitrogens with zero attached hydrogens (tertiary/aromatic N) is 1. The van der Waals surface area contributed by atoms with Crippen molar-refractivity contribution in [1.82, 2.24) is 4.98 Å². The molecular formula is C12H18N2O2S2. The molecule has 0 aromatic carbocycles. The molecule has 1 aromatic rings. The maximum Gasteiger partial charge on any atom is 0.179 e. The van der Waals surface area contributed by atoms with Crippen molar-refractivity contribution in [2.75, 3.05) is 17.8 Å². The van der Waals surface area contributed by atoms with Gasteiger partial charge in [-0.05, 0) is 31.2 Å². The first-order valence-electron chi connectivity index (χ1n) is 5.97. The smallest absolute Gasteiger partial charge is 0.179 e. The fraction of sp³-hybridized carbons (Fsp3) is 0.583. The van der Waals surface area contributed by atoms with Crippen LogP contribution >= 0.6 is 11.8 Å². The molecule has 2 atom stereocenters. The van der Waals surface area contributed by atoms with Crippen LogP contribution in [0.3, 0.4) is 0 Å². The lowest BCUT2D eigenvalue weighted by Gasteiger charge is -2.20. The Morgan fingerprint density at radius 3 is 2.89 bits per heavy atom. The number of anilines is 1. The van der Waals surface area contributed by atoms with Crippen LogP contribution in [0.4, 0.5) is 5.82 Å². The molecule has 1 aliphatic rings. The topological polar surface area (TPSA) is 59.1 Å². The molecule has 2 unspecified atom stereocenters. The number of sulfone groups is 1. The van der Waals surface area contributed by atoms with Crippen molar-refractivity contribution >= 4 is 27.4 Å². The molecule has 1 fully saturated rings. The molecule has 0 saturated heterocycles. The van der Waals surface area contributed by atoms with Gasteiger partial charge in [-0.1, -0.05) is 6.42 Å². The van der Waals surface area contributed by atoms with E-state index in [0.717, 1.165) is 6.42 Å². The summed E-state index contributed by atoms with van der Waals surface area (Å²) < 4.78 is 23.4. The maximum absolute atomic E-state index is 11.7. The van der Waals surface area contributed by atoms with Gasteiger partial charge in [-0.2, -0.15) is 11.8 Å². The lowest BCUT2D eigenvalue weighted by Crippen LogP contribution is -2.27. The van der Waals surface area contributed by atoms with Crippen LogP contribution in [-0.4, -0.2) is 37.2 Å². The van der Waals surface area contributed by atoms with Gasteiger partial charge in [0.25, 0.3) is 0 Å². The zero-order valence-electron chi connectivity index (χ0n) is 10.6. The number of hydrogen-bond donors (Lipinski definition) is 1. The second kappa shape index (κ2) is 5.48. The van der Waals surface area contributed by atoms with Crippen molar-refractivity contribution in [1.29, 1.82) is 0 Å². The summed E-state index contributed by atoms with van der Waals surface area (Å²) in [4.78, 5) is 4.47. The third-order valence-electron chi connectivity index (χ3n) is 3.25. The molecule has 6 heteroatoms. The van der Waals surface area contributed by atoms with Crippen LogP contribution in [0.2, 0.25) is 0 Å². The summed E-state index contributed by atoms with van der Waals surface area (Å²) >= 11 is 1.83. The summed E-state index contributed by atoms with van der Waals surface area (Å²) in [7, 11) is -3.23. The average molecular weight is 286 g/mol. The van der Waals surface area contributed by atoms with Gasteiger partial charge in [-0.15, -0.1) is 0 Å². The van der Waals surface area contributed by atoms with Crippen LogP contribution in [-0.2, 0) is 9.84 Å². The van der Waals surface area contributed by atoms with Gasteiger partial charge in [-0.25, -0.2) is 13.4 Å². The molecule has 0 spiro atoms. The molecule has 1 aliphatic carbocycles. The van der Waals surface area contributed by atoms with E-state index in [1.807, 2.05) is 11.8 Å². The Morgan fingerprint density at radius 2 is 2.22 bits per heavy atom. The average Bonchev–Trinajstić information content (AvgIpc) is 2.75. The molecule has 0 radical (unpaired) electrons. The molecule has 2 rings (SSSR count). The minimum absolute atomic E-state index is 0.289. The van der Waals surface area contributed by atoms with E-state index in [-0.39, 0.29) is 4.90 Å². The number of rotatable bonds is 4. The van der Waals surface area contributed by atoms with Gasteiger partial charge in [0, 0.05) is 23.7 Å². The van der Waals surface area contributed by atoms with E-state index in [1.165, 1.54) is 19.1 Å². The monoisotopic (exact) mass is 286 g/mol. The molecule has 0 aliphatic heterocycles. The van der Waals surface area contributed by atoms with E-state index in [1.54, 1.807) is 18.3 Å². The maximum atomic E-state index is 11.7. The van der Waals surface area contributed by atoms with Gasteiger partial charge < -0.3 is 5.32 Å². The zero-order chi connectivity index (χ0) is 13.2. The van der Waals surface area contributed by atoms with Crippen molar-refractivity contribution in [2.45, 2.75) is 35.4 Å². The fourth-order valence-electron chi connectivity index (χ4n) is 2.35. The van der Waals surface area contributed by atoms with E-state index in [0.29, 0.717) is 17.1 Å². The van der Waals surface area contributed by atoms with E-state index < -0.39 is 9.84 Å². The Bertz CT molecular complexity index is 517. The van der Waals surface area contributed by atoms with Crippen LogP contribution in [0.15, 0.2) is 23.2 Å². The first kappa shape index (κ1) is 13.7. The number of nitrogens with one attached hydrogen (secondary N) is 1. The lowest BCUT2D eigenvalue weighted by atomic mass is 10.2. The van der Waals surface area contributed by atoms with Gasteiger partial charge in [0.1, 0.15) is 10.7 Å². The third-order valence-corrected chi connectivity index (χ3v) is 5.55. The highest BCUT2D eigenvalue weighted by Gasteiger charge is 2.28. The fourth-order valence-corrected chi connectivity index (χ4v) is 4.07. The summed E-state index contributed by atoms with van der Waals surface area (Å²) in [5, 5.41) is 3.85. The van der Waals surface area contributed by atoms with Crippen LogP contribution in [0, 0.1) is 0 Å². The summed E-state index contributed by atoms with van der Waals surface area (Å²) in [5.74, 6) is 0.492. The second-order valence-corrected chi connectivity index (χ2v) is 7.64. The van der Waals surface area contributed by atoms with E-state index in [2.05, 4.69) is 16.6 Å². The SMILES string of the molecule is CSC1CCCC1Nc1ncccc1S(C)(=O)=O. The van der Waals surface area contributed by atoms with E-state index in [4.69, 9.17) is 0 Å². The Labute approximate surface area is 112 Å². The highest BCUT2D eigenvalue weighted by Crippen LogP contribution is 2.31. The first-order valence-corrected chi connectivity index (χ1v) is 9.14. The van der Waals surface area contributed by atoms with E-state index in [9.17, 15) is 8.42 Å². The highest BCUT2D eigenvalue weighted by atomic mass is 32.2.